The van der Waals surface area contributed by atoms with Crippen LogP contribution in [0.4, 0.5) is 0 Å². The molecule has 0 aromatic heterocycles. The highest BCUT2D eigenvalue weighted by Crippen LogP contribution is 2.31. The molecule has 0 aliphatic heterocycles. The van der Waals surface area contributed by atoms with Gasteiger partial charge in [-0.3, -0.25) is 0 Å². The van der Waals surface area contributed by atoms with Crippen molar-refractivity contribution in [1.29, 1.82) is 0 Å². The molecule has 0 fully saturated rings. The van der Waals surface area contributed by atoms with Gasteiger partial charge in [-0.05, 0) is 48.0 Å². The first-order chi connectivity index (χ1) is 10.1. The lowest BCUT2D eigenvalue weighted by Gasteiger charge is -2.14. The van der Waals surface area contributed by atoms with E-state index in [1.54, 1.807) is 0 Å². The second kappa shape index (κ2) is 5.88. The summed E-state index contributed by atoms with van der Waals surface area (Å²) < 4.78 is 7.09. The van der Waals surface area contributed by atoms with Crippen molar-refractivity contribution < 1.29 is 4.74 Å². The molecule has 3 heteroatoms. The largest absolute Gasteiger partial charge is 0.457 e. The fraction of sp³-hybridized carbons (Fsp3) is 0.111. The van der Waals surface area contributed by atoms with Crippen LogP contribution in [0.15, 0.2) is 65.1 Å². The maximum Gasteiger partial charge on any atom is 0.132 e. The van der Waals surface area contributed by atoms with Crippen LogP contribution in [0.25, 0.3) is 10.8 Å². The molecule has 0 aliphatic carbocycles. The molecule has 0 spiro atoms. The van der Waals surface area contributed by atoms with Crippen molar-refractivity contribution in [2.75, 3.05) is 0 Å². The zero-order valence-electron chi connectivity index (χ0n) is 11.7. The molecule has 0 aliphatic rings. The number of hydrogen-bond acceptors (Lipinski definition) is 2. The quantitative estimate of drug-likeness (QED) is 0.690. The number of halogens is 1. The zero-order chi connectivity index (χ0) is 14.8. The van der Waals surface area contributed by atoms with Gasteiger partial charge in [0.1, 0.15) is 11.5 Å². The minimum atomic E-state index is -0.0578. The lowest BCUT2D eigenvalue weighted by Crippen LogP contribution is -2.06. The predicted octanol–water partition coefficient (Wildman–Crippen LogP) is 5.41. The molecule has 21 heavy (non-hydrogen) atoms. The van der Waals surface area contributed by atoms with Crippen LogP contribution in [-0.4, -0.2) is 0 Å². The predicted molar refractivity (Wildman–Crippen MR) is 90.8 cm³/mol. The first-order valence-electron chi connectivity index (χ1n) is 6.85. The number of ether oxygens (including phenoxy) is 1. The smallest absolute Gasteiger partial charge is 0.132 e. The first kappa shape index (κ1) is 14.1. The fourth-order valence-corrected chi connectivity index (χ4v) is 2.71. The topological polar surface area (TPSA) is 35.2 Å². The minimum Gasteiger partial charge on any atom is -0.457 e. The zero-order valence-corrected chi connectivity index (χ0v) is 13.3. The van der Waals surface area contributed by atoms with Gasteiger partial charge in [-0.2, -0.15) is 0 Å². The average Bonchev–Trinajstić information content (AvgIpc) is 2.48. The fourth-order valence-electron chi connectivity index (χ4n) is 2.33. The number of benzene rings is 3. The number of rotatable bonds is 3. The van der Waals surface area contributed by atoms with Crippen molar-refractivity contribution in [3.05, 3.63) is 70.7 Å². The maximum absolute atomic E-state index is 6.02. The van der Waals surface area contributed by atoms with E-state index in [2.05, 4.69) is 34.1 Å². The van der Waals surface area contributed by atoms with E-state index >= 15 is 0 Å². The van der Waals surface area contributed by atoms with Gasteiger partial charge in [0.2, 0.25) is 0 Å². The van der Waals surface area contributed by atoms with Gasteiger partial charge in [0.05, 0.1) is 0 Å². The van der Waals surface area contributed by atoms with Crippen molar-refractivity contribution in [1.82, 2.24) is 0 Å². The normalized spacial score (nSPS) is 12.3. The SMILES string of the molecule is C[C@H](N)c1ccccc1Oc1ccc2cc(Br)ccc2c1. The van der Waals surface area contributed by atoms with E-state index < -0.39 is 0 Å². The van der Waals surface area contributed by atoms with Gasteiger partial charge < -0.3 is 10.5 Å². The summed E-state index contributed by atoms with van der Waals surface area (Å²) in [6.07, 6.45) is 0. The molecule has 0 saturated heterocycles. The molecular weight excluding hydrogens is 326 g/mol. The summed E-state index contributed by atoms with van der Waals surface area (Å²) in [5, 5.41) is 2.33. The van der Waals surface area contributed by atoms with Crippen molar-refractivity contribution in [2.24, 2.45) is 5.73 Å². The van der Waals surface area contributed by atoms with Gasteiger partial charge in [-0.1, -0.05) is 46.3 Å². The van der Waals surface area contributed by atoms with E-state index in [0.717, 1.165) is 26.9 Å². The maximum atomic E-state index is 6.02. The molecule has 3 aromatic carbocycles. The van der Waals surface area contributed by atoms with Crippen LogP contribution < -0.4 is 10.5 Å². The first-order valence-corrected chi connectivity index (χ1v) is 7.64. The molecule has 0 bridgehead atoms. The Hall–Kier alpha value is -1.84. The van der Waals surface area contributed by atoms with Crippen molar-refractivity contribution in [3.8, 4) is 11.5 Å². The number of nitrogens with two attached hydrogens (primary N) is 1. The Labute approximate surface area is 132 Å². The van der Waals surface area contributed by atoms with E-state index in [9.17, 15) is 0 Å². The van der Waals surface area contributed by atoms with Gasteiger partial charge in [-0.25, -0.2) is 0 Å². The summed E-state index contributed by atoms with van der Waals surface area (Å²) in [5.41, 5.74) is 7.00. The van der Waals surface area contributed by atoms with E-state index in [4.69, 9.17) is 10.5 Å². The molecule has 0 heterocycles. The molecule has 1 atom stereocenters. The highest BCUT2D eigenvalue weighted by molar-refractivity contribution is 9.10. The molecule has 0 radical (unpaired) electrons. The summed E-state index contributed by atoms with van der Waals surface area (Å²) >= 11 is 3.49. The summed E-state index contributed by atoms with van der Waals surface area (Å²) in [4.78, 5) is 0. The molecule has 2 N–H and O–H groups in total. The Morgan fingerprint density at radius 1 is 0.952 bits per heavy atom. The van der Waals surface area contributed by atoms with Gasteiger partial charge in [-0.15, -0.1) is 0 Å². The minimum absolute atomic E-state index is 0.0578. The van der Waals surface area contributed by atoms with E-state index in [1.807, 2.05) is 49.4 Å². The molecular formula is C18H16BrNO. The monoisotopic (exact) mass is 341 g/mol. The molecule has 3 aromatic rings. The van der Waals surface area contributed by atoms with Crippen LogP contribution >= 0.6 is 15.9 Å². The summed E-state index contributed by atoms with van der Waals surface area (Å²) in [5.74, 6) is 1.63. The van der Waals surface area contributed by atoms with Gasteiger partial charge in [0.25, 0.3) is 0 Å². The third kappa shape index (κ3) is 3.09. The van der Waals surface area contributed by atoms with Crippen molar-refractivity contribution >= 4 is 26.7 Å². The number of hydrogen-bond donors (Lipinski definition) is 1. The second-order valence-electron chi connectivity index (χ2n) is 5.08. The Morgan fingerprint density at radius 2 is 1.67 bits per heavy atom. The number of fused-ring (bicyclic) bond motifs is 1. The van der Waals surface area contributed by atoms with Crippen LogP contribution in [0.1, 0.15) is 18.5 Å². The van der Waals surface area contributed by atoms with Crippen LogP contribution in [0.3, 0.4) is 0 Å². The molecule has 3 rings (SSSR count). The van der Waals surface area contributed by atoms with Crippen molar-refractivity contribution in [2.45, 2.75) is 13.0 Å². The van der Waals surface area contributed by atoms with Crippen molar-refractivity contribution in [3.63, 3.8) is 0 Å². The number of para-hydroxylation sites is 1. The molecule has 0 amide bonds. The van der Waals surface area contributed by atoms with Gasteiger partial charge >= 0.3 is 0 Å². The Balaban J connectivity index is 1.97. The Bertz CT molecular complexity index is 783. The molecule has 2 nitrogen and oxygen atoms in total. The summed E-state index contributed by atoms with van der Waals surface area (Å²) in [7, 11) is 0. The van der Waals surface area contributed by atoms with Crippen LogP contribution in [0.5, 0.6) is 11.5 Å². The van der Waals surface area contributed by atoms with Crippen LogP contribution in [0, 0.1) is 0 Å². The van der Waals surface area contributed by atoms with Gasteiger partial charge in [0, 0.05) is 16.1 Å². The van der Waals surface area contributed by atoms with E-state index in [-0.39, 0.29) is 6.04 Å². The molecule has 106 valence electrons. The average molecular weight is 342 g/mol. The lowest BCUT2D eigenvalue weighted by atomic mass is 10.1. The summed E-state index contributed by atoms with van der Waals surface area (Å²) in [6.45, 7) is 1.96. The lowest BCUT2D eigenvalue weighted by molar-refractivity contribution is 0.473. The molecule has 0 saturated carbocycles. The third-order valence-corrected chi connectivity index (χ3v) is 3.90. The summed E-state index contributed by atoms with van der Waals surface area (Å²) in [6, 6.07) is 20.1. The highest BCUT2D eigenvalue weighted by Gasteiger charge is 2.08. The Kier molecular flexibility index (Phi) is 3.95. The highest BCUT2D eigenvalue weighted by atomic mass is 79.9. The van der Waals surface area contributed by atoms with Crippen LogP contribution in [-0.2, 0) is 0 Å². The standard InChI is InChI=1S/C18H16BrNO/c1-12(20)17-4-2-3-5-18(17)21-16-9-7-13-10-15(19)8-6-14(13)11-16/h2-12H,20H2,1H3/t12-/m0/s1. The second-order valence-corrected chi connectivity index (χ2v) is 6.00. The van der Waals surface area contributed by atoms with Crippen LogP contribution in [0.2, 0.25) is 0 Å². The van der Waals surface area contributed by atoms with Gasteiger partial charge in [0.15, 0.2) is 0 Å². The Morgan fingerprint density at radius 3 is 2.48 bits per heavy atom. The molecule has 0 unspecified atom stereocenters. The van der Waals surface area contributed by atoms with E-state index in [0.29, 0.717) is 0 Å². The van der Waals surface area contributed by atoms with E-state index in [1.165, 1.54) is 5.39 Å². The third-order valence-electron chi connectivity index (χ3n) is 3.41.